The Hall–Kier alpha value is -3.12. The van der Waals surface area contributed by atoms with Crippen LogP contribution in [0.2, 0.25) is 0 Å². The highest BCUT2D eigenvalue weighted by Gasteiger charge is 2.25. The lowest BCUT2D eigenvalue weighted by molar-refractivity contribution is 0.100. The van der Waals surface area contributed by atoms with Crippen molar-refractivity contribution >= 4 is 16.8 Å². The summed E-state index contributed by atoms with van der Waals surface area (Å²) < 4.78 is 2.27. The minimum Gasteiger partial charge on any atom is -0.366 e. The molecule has 0 aliphatic carbocycles. The van der Waals surface area contributed by atoms with Gasteiger partial charge < -0.3 is 20.2 Å². The van der Waals surface area contributed by atoms with Gasteiger partial charge in [-0.2, -0.15) is 0 Å². The summed E-state index contributed by atoms with van der Waals surface area (Å²) in [4.78, 5) is 30.8. The molecule has 0 fully saturated rings. The van der Waals surface area contributed by atoms with E-state index in [4.69, 9.17) is 5.73 Å². The number of benzene rings is 1. The van der Waals surface area contributed by atoms with Crippen molar-refractivity contribution in [3.8, 4) is 0 Å². The summed E-state index contributed by atoms with van der Waals surface area (Å²) in [7, 11) is 4.08. The van der Waals surface area contributed by atoms with Crippen molar-refractivity contribution in [1.29, 1.82) is 0 Å². The number of H-pyrrole nitrogens is 1. The molecular formula is C29H40N4O2. The number of fused-ring (bicyclic) bond motifs is 1. The number of nitrogens with two attached hydrogens (primary N) is 1. The van der Waals surface area contributed by atoms with Gasteiger partial charge in [-0.1, -0.05) is 32.1 Å². The number of allylic oxidation sites excluding steroid dienone is 1. The molecule has 0 saturated heterocycles. The molecule has 188 valence electrons. The Labute approximate surface area is 208 Å². The monoisotopic (exact) mass is 476 g/mol. The lowest BCUT2D eigenvalue weighted by Crippen LogP contribution is -2.17. The minimum atomic E-state index is -0.423. The van der Waals surface area contributed by atoms with Gasteiger partial charge in [-0.3, -0.25) is 9.59 Å². The number of nitrogens with zero attached hydrogens (tertiary/aromatic N) is 2. The molecule has 2 heterocycles. The topological polar surface area (TPSA) is 84.1 Å². The van der Waals surface area contributed by atoms with Crippen LogP contribution in [0.15, 0.2) is 35.1 Å². The van der Waals surface area contributed by atoms with E-state index in [1.54, 1.807) is 0 Å². The first-order chi connectivity index (χ1) is 16.6. The van der Waals surface area contributed by atoms with E-state index in [9.17, 15) is 9.59 Å². The molecule has 3 rings (SSSR count). The molecule has 0 spiro atoms. The van der Waals surface area contributed by atoms with Crippen molar-refractivity contribution in [3.05, 3.63) is 79.9 Å². The quantitative estimate of drug-likeness (QED) is 0.405. The number of carbonyl (C=O) groups excluding carboxylic acids is 1. The van der Waals surface area contributed by atoms with Gasteiger partial charge >= 0.3 is 0 Å². The molecule has 0 aliphatic heterocycles. The second-order valence-corrected chi connectivity index (χ2v) is 9.82. The molecule has 3 aromatic rings. The molecule has 2 aromatic heterocycles. The van der Waals surface area contributed by atoms with Crippen LogP contribution in [0, 0.1) is 20.8 Å². The van der Waals surface area contributed by atoms with Crippen LogP contribution < -0.4 is 11.3 Å². The third kappa shape index (κ3) is 5.43. The number of primary amides is 1. The molecule has 6 heteroatoms. The number of aromatic nitrogens is 2. The zero-order chi connectivity index (χ0) is 25.9. The largest absolute Gasteiger partial charge is 0.366 e. The van der Waals surface area contributed by atoms with Gasteiger partial charge in [-0.25, -0.2) is 0 Å². The van der Waals surface area contributed by atoms with Gasteiger partial charge in [0.1, 0.15) is 0 Å². The summed E-state index contributed by atoms with van der Waals surface area (Å²) in [6.07, 6.45) is 7.39. The molecule has 0 bridgehead atoms. The van der Waals surface area contributed by atoms with Crippen molar-refractivity contribution in [2.45, 2.75) is 66.3 Å². The van der Waals surface area contributed by atoms with Gasteiger partial charge in [-0.15, -0.1) is 0 Å². The summed E-state index contributed by atoms with van der Waals surface area (Å²) in [5.74, 6) is -0.423. The fraction of sp³-hybridized carbons (Fsp3) is 0.448. The van der Waals surface area contributed by atoms with Gasteiger partial charge in [0.15, 0.2) is 0 Å². The normalized spacial score (nSPS) is 12.0. The SMILES string of the molecule is CCC(CC)n1c(C)c(C(N)=O)c2c(Cc3c(C)cc(C)[nH]c3=O)c(CC=CCN(C)C)ccc21. The highest BCUT2D eigenvalue weighted by molar-refractivity contribution is 6.09. The van der Waals surface area contributed by atoms with Crippen molar-refractivity contribution < 1.29 is 4.79 Å². The molecule has 35 heavy (non-hydrogen) atoms. The number of aryl methyl sites for hydroxylation is 2. The van der Waals surface area contributed by atoms with E-state index in [0.29, 0.717) is 12.0 Å². The molecule has 1 aromatic carbocycles. The fourth-order valence-corrected chi connectivity index (χ4v) is 5.23. The van der Waals surface area contributed by atoms with E-state index in [0.717, 1.165) is 70.4 Å². The van der Waals surface area contributed by atoms with E-state index in [2.05, 4.69) is 52.6 Å². The van der Waals surface area contributed by atoms with Crippen LogP contribution in [0.25, 0.3) is 10.9 Å². The number of amides is 1. The van der Waals surface area contributed by atoms with E-state index in [1.165, 1.54) is 0 Å². The number of hydrogen-bond donors (Lipinski definition) is 2. The maximum Gasteiger partial charge on any atom is 0.251 e. The molecule has 6 nitrogen and oxygen atoms in total. The van der Waals surface area contributed by atoms with Crippen LogP contribution in [0.3, 0.4) is 0 Å². The predicted octanol–water partition coefficient (Wildman–Crippen LogP) is 4.97. The van der Waals surface area contributed by atoms with Gasteiger partial charge in [-0.05, 0) is 83.0 Å². The highest BCUT2D eigenvalue weighted by Crippen LogP contribution is 2.36. The van der Waals surface area contributed by atoms with Gasteiger partial charge in [0.05, 0.1) is 5.56 Å². The average Bonchev–Trinajstić information content (AvgIpc) is 3.07. The van der Waals surface area contributed by atoms with Crippen LogP contribution in [0.4, 0.5) is 0 Å². The summed E-state index contributed by atoms with van der Waals surface area (Å²) >= 11 is 0. The van der Waals surface area contributed by atoms with Gasteiger partial charge in [0, 0.05) is 46.9 Å². The van der Waals surface area contributed by atoms with E-state index in [1.807, 2.05) is 40.9 Å². The molecule has 0 atom stereocenters. The average molecular weight is 477 g/mol. The van der Waals surface area contributed by atoms with Crippen LogP contribution in [-0.4, -0.2) is 41.0 Å². The third-order valence-corrected chi connectivity index (χ3v) is 7.00. The lowest BCUT2D eigenvalue weighted by atomic mass is 9.91. The summed E-state index contributed by atoms with van der Waals surface area (Å²) in [6.45, 7) is 11.1. The Balaban J connectivity index is 2.33. The van der Waals surface area contributed by atoms with E-state index >= 15 is 0 Å². The number of pyridine rings is 1. The number of aromatic amines is 1. The minimum absolute atomic E-state index is 0.0784. The molecular weight excluding hydrogens is 436 g/mol. The van der Waals surface area contributed by atoms with Crippen LogP contribution in [0.5, 0.6) is 0 Å². The molecule has 3 N–H and O–H groups in total. The molecule has 1 amide bonds. The van der Waals surface area contributed by atoms with Crippen molar-refractivity contribution in [3.63, 3.8) is 0 Å². The molecule has 0 saturated carbocycles. The number of rotatable bonds is 10. The highest BCUT2D eigenvalue weighted by atomic mass is 16.1. The summed E-state index contributed by atoms with van der Waals surface area (Å²) in [5, 5.41) is 0.889. The standard InChI is InChI=1S/C29H40N4O2/c1-8-22(9-2)33-20(5)26(28(30)34)27-24(17-23-18(3)16-19(4)31-29(23)35)21(13-14-25(27)33)12-10-11-15-32(6)7/h10-11,13-14,16,22H,8-9,12,15,17H2,1-7H3,(H2,30,34)(H,31,35). The van der Waals surface area contributed by atoms with Crippen LogP contribution in [0.1, 0.15) is 76.7 Å². The Morgan fingerprint density at radius 2 is 1.80 bits per heavy atom. The van der Waals surface area contributed by atoms with Gasteiger partial charge in [0.25, 0.3) is 11.5 Å². The maximum atomic E-state index is 13.0. The smallest absolute Gasteiger partial charge is 0.251 e. The van der Waals surface area contributed by atoms with E-state index in [-0.39, 0.29) is 11.6 Å². The molecule has 0 radical (unpaired) electrons. The molecule has 0 unspecified atom stereocenters. The van der Waals surface area contributed by atoms with Crippen molar-refractivity contribution in [2.24, 2.45) is 5.73 Å². The number of hydrogen-bond acceptors (Lipinski definition) is 3. The second kappa shape index (κ2) is 11.1. The van der Waals surface area contributed by atoms with Crippen LogP contribution in [-0.2, 0) is 12.8 Å². The Kier molecular flexibility index (Phi) is 8.39. The first-order valence-corrected chi connectivity index (χ1v) is 12.5. The Morgan fingerprint density at radius 1 is 1.11 bits per heavy atom. The van der Waals surface area contributed by atoms with Gasteiger partial charge in [0.2, 0.25) is 0 Å². The maximum absolute atomic E-state index is 13.0. The first-order valence-electron chi connectivity index (χ1n) is 12.5. The Bertz CT molecular complexity index is 1310. The summed E-state index contributed by atoms with van der Waals surface area (Å²) in [6, 6.07) is 6.55. The molecule has 0 aliphatic rings. The number of carbonyl (C=O) groups is 1. The predicted molar refractivity (Wildman–Crippen MR) is 146 cm³/mol. The first kappa shape index (κ1) is 26.5. The van der Waals surface area contributed by atoms with Crippen molar-refractivity contribution in [2.75, 3.05) is 20.6 Å². The second-order valence-electron chi connectivity index (χ2n) is 9.82. The Morgan fingerprint density at radius 3 is 2.37 bits per heavy atom. The number of nitrogens with one attached hydrogen (secondary N) is 1. The third-order valence-electron chi connectivity index (χ3n) is 7.00. The van der Waals surface area contributed by atoms with Crippen molar-refractivity contribution in [1.82, 2.24) is 14.5 Å². The zero-order valence-electron chi connectivity index (χ0n) is 22.3. The van der Waals surface area contributed by atoms with E-state index < -0.39 is 5.91 Å². The number of likely N-dealkylation sites (N-methyl/N-ethyl adjacent to an activating group) is 1. The summed E-state index contributed by atoms with van der Waals surface area (Å²) in [5.41, 5.74) is 13.0. The fourth-order valence-electron chi connectivity index (χ4n) is 5.23. The lowest BCUT2D eigenvalue weighted by Gasteiger charge is -2.19. The van der Waals surface area contributed by atoms with Crippen LogP contribution >= 0.6 is 0 Å². The zero-order valence-corrected chi connectivity index (χ0v) is 22.3.